The van der Waals surface area contributed by atoms with E-state index in [1.54, 1.807) is 18.3 Å². The number of hydrogen-bond donors (Lipinski definition) is 0. The minimum Gasteiger partial charge on any atom is -0.415 e. The van der Waals surface area contributed by atoms with Crippen molar-refractivity contribution in [1.29, 1.82) is 0 Å². The minimum atomic E-state index is -3.36. The molecule has 5 nitrogen and oxygen atoms in total. The molecule has 0 aliphatic heterocycles. The van der Waals surface area contributed by atoms with Crippen LogP contribution in [0.15, 0.2) is 27.7 Å². The van der Waals surface area contributed by atoms with E-state index in [1.165, 1.54) is 0 Å². The normalized spacial score (nSPS) is 14.0. The lowest BCUT2D eigenvalue weighted by atomic mass is 10.0. The molecule has 1 aromatic heterocycles. The van der Waals surface area contributed by atoms with E-state index in [-0.39, 0.29) is 16.2 Å². The van der Waals surface area contributed by atoms with Gasteiger partial charge in [0.15, 0.2) is 18.2 Å². The van der Waals surface area contributed by atoms with Crippen molar-refractivity contribution in [3.8, 4) is 0 Å². The van der Waals surface area contributed by atoms with Crippen LogP contribution >= 0.6 is 15.9 Å². The van der Waals surface area contributed by atoms with Crippen LogP contribution in [0.25, 0.3) is 10.9 Å². The fourth-order valence-electron chi connectivity index (χ4n) is 2.76. The van der Waals surface area contributed by atoms with Gasteiger partial charge < -0.3 is 4.43 Å². The molecule has 1 aromatic carbocycles. The molecule has 0 amide bonds. The molecule has 158 valence electrons. The monoisotopic (exact) mass is 488 g/mol. The van der Waals surface area contributed by atoms with Crippen molar-refractivity contribution in [2.24, 2.45) is 5.41 Å². The van der Waals surface area contributed by atoms with Crippen LogP contribution in [0.4, 0.5) is 0 Å². The van der Waals surface area contributed by atoms with E-state index in [2.05, 4.69) is 54.9 Å². The standard InChI is InChI=1S/C20H33BrN2O3SSi/c1-19(2,3)14-27(24,25)16-11-15-13-22-23(18(15)17(21)12-16)9-10-26-28(7,8)20(4,5)6/h11-13H,9-10,14H2,1-8H3. The Hall–Kier alpha value is -0.703. The van der Waals surface area contributed by atoms with Crippen LogP contribution in [0.3, 0.4) is 0 Å². The van der Waals surface area contributed by atoms with Crippen molar-refractivity contribution in [3.63, 3.8) is 0 Å². The molecule has 0 fully saturated rings. The van der Waals surface area contributed by atoms with Gasteiger partial charge in [0.1, 0.15) is 0 Å². The highest BCUT2D eigenvalue weighted by Crippen LogP contribution is 2.36. The van der Waals surface area contributed by atoms with Crippen molar-refractivity contribution in [3.05, 3.63) is 22.8 Å². The smallest absolute Gasteiger partial charge is 0.192 e. The van der Waals surface area contributed by atoms with E-state index >= 15 is 0 Å². The van der Waals surface area contributed by atoms with Gasteiger partial charge >= 0.3 is 0 Å². The van der Waals surface area contributed by atoms with E-state index in [0.717, 1.165) is 15.4 Å². The van der Waals surface area contributed by atoms with Gasteiger partial charge in [0.2, 0.25) is 0 Å². The first-order chi connectivity index (χ1) is 12.5. The number of sulfone groups is 1. The molecule has 0 saturated heterocycles. The van der Waals surface area contributed by atoms with Gasteiger partial charge in [0.25, 0.3) is 0 Å². The molecule has 0 N–H and O–H groups in total. The van der Waals surface area contributed by atoms with Crippen LogP contribution in [-0.2, 0) is 20.8 Å². The summed E-state index contributed by atoms with van der Waals surface area (Å²) in [6.07, 6.45) is 1.72. The number of aromatic nitrogens is 2. The molecule has 0 radical (unpaired) electrons. The number of nitrogens with zero attached hydrogens (tertiary/aromatic N) is 2. The summed E-state index contributed by atoms with van der Waals surface area (Å²) in [5.41, 5.74) is 0.597. The summed E-state index contributed by atoms with van der Waals surface area (Å²) < 4.78 is 34.4. The summed E-state index contributed by atoms with van der Waals surface area (Å²) in [6, 6.07) is 3.41. The third-order valence-electron chi connectivity index (χ3n) is 5.22. The Balaban J connectivity index is 2.26. The first kappa shape index (κ1) is 23.6. The lowest BCUT2D eigenvalue weighted by molar-refractivity contribution is 0.268. The summed E-state index contributed by atoms with van der Waals surface area (Å²) in [5.74, 6) is 0.104. The fraction of sp³-hybridized carbons (Fsp3) is 0.650. The van der Waals surface area contributed by atoms with Crippen molar-refractivity contribution in [2.45, 2.75) is 71.1 Å². The Morgan fingerprint density at radius 3 is 2.29 bits per heavy atom. The number of rotatable bonds is 6. The maximum absolute atomic E-state index is 12.8. The summed E-state index contributed by atoms with van der Waals surface area (Å²) in [5, 5.41) is 5.44. The SMILES string of the molecule is CC(C)(C)CS(=O)(=O)c1cc(Br)c2c(cnn2CCO[Si](C)(C)C(C)(C)C)c1. The Morgan fingerprint density at radius 2 is 1.75 bits per heavy atom. The number of fused-ring (bicyclic) bond motifs is 1. The molecule has 0 atom stereocenters. The van der Waals surface area contributed by atoms with E-state index in [9.17, 15) is 8.42 Å². The minimum absolute atomic E-state index is 0.104. The second-order valence-electron chi connectivity index (χ2n) is 10.1. The molecule has 0 spiro atoms. The third-order valence-corrected chi connectivity index (χ3v) is 12.6. The zero-order valence-electron chi connectivity index (χ0n) is 18.3. The van der Waals surface area contributed by atoms with Crippen molar-refractivity contribution in [2.75, 3.05) is 12.4 Å². The average Bonchev–Trinajstić information content (AvgIpc) is 2.87. The highest BCUT2D eigenvalue weighted by atomic mass is 79.9. The van der Waals surface area contributed by atoms with Crippen LogP contribution in [0.1, 0.15) is 41.5 Å². The molecular formula is C20H33BrN2O3SSi. The highest BCUT2D eigenvalue weighted by Gasteiger charge is 2.37. The zero-order valence-corrected chi connectivity index (χ0v) is 21.7. The van der Waals surface area contributed by atoms with Gasteiger partial charge in [-0.3, -0.25) is 4.68 Å². The van der Waals surface area contributed by atoms with Gasteiger partial charge in [0, 0.05) is 9.86 Å². The maximum Gasteiger partial charge on any atom is 0.192 e. The summed E-state index contributed by atoms with van der Waals surface area (Å²) in [7, 11) is -5.17. The molecular weight excluding hydrogens is 456 g/mol. The lowest BCUT2D eigenvalue weighted by Crippen LogP contribution is -2.41. The first-order valence-electron chi connectivity index (χ1n) is 9.55. The van der Waals surface area contributed by atoms with Crippen molar-refractivity contribution >= 4 is 45.0 Å². The molecule has 0 unspecified atom stereocenters. The summed E-state index contributed by atoms with van der Waals surface area (Å²) >= 11 is 3.56. The quantitative estimate of drug-likeness (QED) is 0.493. The second-order valence-corrected chi connectivity index (χ2v) is 17.8. The first-order valence-corrected chi connectivity index (χ1v) is 14.9. The molecule has 28 heavy (non-hydrogen) atoms. The molecule has 1 heterocycles. The predicted octanol–water partition coefficient (Wildman–Crippen LogP) is 5.64. The Bertz CT molecular complexity index is 954. The highest BCUT2D eigenvalue weighted by molar-refractivity contribution is 9.10. The third kappa shape index (κ3) is 5.46. The van der Waals surface area contributed by atoms with Gasteiger partial charge in [-0.25, -0.2) is 8.42 Å². The Labute approximate surface area is 179 Å². The number of hydrogen-bond acceptors (Lipinski definition) is 4. The van der Waals surface area contributed by atoms with Gasteiger partial charge in [0.05, 0.1) is 35.5 Å². The molecule has 2 rings (SSSR count). The van der Waals surface area contributed by atoms with E-state index in [4.69, 9.17) is 4.43 Å². The maximum atomic E-state index is 12.8. The average molecular weight is 490 g/mol. The predicted molar refractivity (Wildman–Crippen MR) is 122 cm³/mol. The van der Waals surface area contributed by atoms with Gasteiger partial charge in [-0.05, 0) is 51.6 Å². The van der Waals surface area contributed by atoms with E-state index in [0.29, 0.717) is 18.0 Å². The van der Waals surface area contributed by atoms with Crippen LogP contribution in [0, 0.1) is 5.41 Å². The van der Waals surface area contributed by atoms with E-state index < -0.39 is 18.2 Å². The molecule has 0 bridgehead atoms. The van der Waals surface area contributed by atoms with Crippen LogP contribution < -0.4 is 0 Å². The second kappa shape index (κ2) is 7.85. The molecule has 0 aliphatic rings. The van der Waals surface area contributed by atoms with Crippen LogP contribution in [-0.4, -0.2) is 38.9 Å². The van der Waals surface area contributed by atoms with Crippen LogP contribution in [0.5, 0.6) is 0 Å². The Kier molecular flexibility index (Phi) is 6.61. The topological polar surface area (TPSA) is 61.2 Å². The van der Waals surface area contributed by atoms with Gasteiger partial charge in [-0.1, -0.05) is 41.5 Å². The fourth-order valence-corrected chi connectivity index (χ4v) is 6.54. The van der Waals surface area contributed by atoms with Gasteiger partial charge in [-0.2, -0.15) is 5.10 Å². The molecule has 2 aromatic rings. The molecule has 0 saturated carbocycles. The van der Waals surface area contributed by atoms with Crippen molar-refractivity contribution in [1.82, 2.24) is 9.78 Å². The largest absolute Gasteiger partial charge is 0.415 e. The van der Waals surface area contributed by atoms with E-state index in [1.807, 2.05) is 25.5 Å². The number of halogens is 1. The Morgan fingerprint density at radius 1 is 1.14 bits per heavy atom. The lowest BCUT2D eigenvalue weighted by Gasteiger charge is -2.36. The molecule has 0 aliphatic carbocycles. The van der Waals surface area contributed by atoms with Gasteiger partial charge in [-0.15, -0.1) is 0 Å². The zero-order chi connectivity index (χ0) is 21.5. The summed E-state index contributed by atoms with van der Waals surface area (Å²) in [6.45, 7) is 18.1. The molecule has 8 heteroatoms. The van der Waals surface area contributed by atoms with Crippen molar-refractivity contribution < 1.29 is 12.8 Å². The number of benzene rings is 1. The van der Waals surface area contributed by atoms with Crippen LogP contribution in [0.2, 0.25) is 18.1 Å². The summed E-state index contributed by atoms with van der Waals surface area (Å²) in [4.78, 5) is 0.332.